The van der Waals surface area contributed by atoms with E-state index in [1.807, 2.05) is 0 Å². The fraction of sp³-hybridized carbons (Fsp3) is 0.0909. The molecule has 90 valence electrons. The Labute approximate surface area is 121 Å². The predicted octanol–water partition coefficient (Wildman–Crippen LogP) is 3.36. The SMILES string of the molecule is Clc1cccc(Cl)c1C1=NC2=NC=NC(Br)C2=N1. The Morgan fingerprint density at radius 2 is 1.78 bits per heavy atom. The first-order valence-electron chi connectivity index (χ1n) is 5.02. The van der Waals surface area contributed by atoms with Crippen molar-refractivity contribution in [2.45, 2.75) is 4.95 Å². The lowest BCUT2D eigenvalue weighted by Crippen LogP contribution is -2.22. The van der Waals surface area contributed by atoms with E-state index in [4.69, 9.17) is 23.2 Å². The molecule has 18 heavy (non-hydrogen) atoms. The molecule has 0 N–H and O–H groups in total. The minimum atomic E-state index is -0.229. The zero-order chi connectivity index (χ0) is 12.7. The highest BCUT2D eigenvalue weighted by Crippen LogP contribution is 2.28. The Kier molecular flexibility index (Phi) is 3.05. The maximum atomic E-state index is 6.13. The number of alkyl halides is 1. The van der Waals surface area contributed by atoms with Gasteiger partial charge in [0.25, 0.3) is 0 Å². The molecule has 0 aliphatic carbocycles. The number of aliphatic imine (C=N–C) groups is 4. The van der Waals surface area contributed by atoms with Crippen LogP contribution in [0.3, 0.4) is 0 Å². The van der Waals surface area contributed by atoms with Crippen molar-refractivity contribution in [3.63, 3.8) is 0 Å². The van der Waals surface area contributed by atoms with Crippen molar-refractivity contribution in [1.29, 1.82) is 0 Å². The van der Waals surface area contributed by atoms with Crippen LogP contribution in [0.15, 0.2) is 38.2 Å². The topological polar surface area (TPSA) is 49.4 Å². The van der Waals surface area contributed by atoms with Crippen LogP contribution in [0.25, 0.3) is 0 Å². The van der Waals surface area contributed by atoms with Gasteiger partial charge in [-0.05, 0) is 12.1 Å². The van der Waals surface area contributed by atoms with Crippen molar-refractivity contribution in [1.82, 2.24) is 0 Å². The number of hydrogen-bond donors (Lipinski definition) is 0. The molecular weight excluding hydrogens is 339 g/mol. The van der Waals surface area contributed by atoms with Crippen LogP contribution >= 0.6 is 39.1 Å². The molecule has 2 heterocycles. The zero-order valence-corrected chi connectivity index (χ0v) is 11.9. The van der Waals surface area contributed by atoms with Crippen LogP contribution in [0.2, 0.25) is 10.0 Å². The molecule has 0 fully saturated rings. The Balaban J connectivity index is 2.12. The quantitative estimate of drug-likeness (QED) is 0.554. The first-order chi connectivity index (χ1) is 8.66. The summed E-state index contributed by atoms with van der Waals surface area (Å²) in [6.45, 7) is 0. The average molecular weight is 344 g/mol. The summed E-state index contributed by atoms with van der Waals surface area (Å²) in [5.74, 6) is 1.01. The summed E-state index contributed by atoms with van der Waals surface area (Å²) in [6, 6.07) is 5.27. The molecule has 0 amide bonds. The average Bonchev–Trinajstić information content (AvgIpc) is 2.74. The second-order valence-electron chi connectivity index (χ2n) is 3.58. The van der Waals surface area contributed by atoms with Gasteiger partial charge in [-0.1, -0.05) is 45.2 Å². The van der Waals surface area contributed by atoms with E-state index in [1.54, 1.807) is 18.2 Å². The van der Waals surface area contributed by atoms with E-state index in [0.717, 1.165) is 0 Å². The van der Waals surface area contributed by atoms with Crippen LogP contribution < -0.4 is 0 Å². The highest BCUT2D eigenvalue weighted by Gasteiger charge is 2.28. The first kappa shape index (κ1) is 12.0. The van der Waals surface area contributed by atoms with Gasteiger partial charge in [0.15, 0.2) is 16.6 Å². The minimum Gasteiger partial charge on any atom is -0.252 e. The van der Waals surface area contributed by atoms with E-state index in [0.29, 0.717) is 33.0 Å². The van der Waals surface area contributed by atoms with Gasteiger partial charge in [-0.3, -0.25) is 4.99 Å². The molecule has 0 radical (unpaired) electrons. The third-order valence-electron chi connectivity index (χ3n) is 2.46. The van der Waals surface area contributed by atoms with Crippen LogP contribution in [-0.4, -0.2) is 28.7 Å². The van der Waals surface area contributed by atoms with Gasteiger partial charge in [-0.15, -0.1) is 0 Å². The molecule has 4 nitrogen and oxygen atoms in total. The Morgan fingerprint density at radius 3 is 2.44 bits per heavy atom. The maximum absolute atomic E-state index is 6.13. The van der Waals surface area contributed by atoms with Crippen molar-refractivity contribution >= 4 is 62.9 Å². The molecule has 1 aromatic rings. The molecule has 2 aliphatic heterocycles. The molecule has 3 rings (SSSR count). The molecule has 7 heteroatoms. The summed E-state index contributed by atoms with van der Waals surface area (Å²) in [5, 5.41) is 1.02. The van der Waals surface area contributed by atoms with Crippen LogP contribution in [0.5, 0.6) is 0 Å². The molecular formula is C11H5BrCl2N4. The second-order valence-corrected chi connectivity index (χ2v) is 5.26. The van der Waals surface area contributed by atoms with Crippen molar-refractivity contribution < 1.29 is 0 Å². The lowest BCUT2D eigenvalue weighted by molar-refractivity contribution is 1.23. The van der Waals surface area contributed by atoms with Crippen LogP contribution in [0, 0.1) is 0 Å². The number of benzene rings is 1. The molecule has 0 saturated heterocycles. The van der Waals surface area contributed by atoms with Crippen molar-refractivity contribution in [3.8, 4) is 0 Å². The molecule has 0 aromatic heterocycles. The Morgan fingerprint density at radius 1 is 1.06 bits per heavy atom. The lowest BCUT2D eigenvalue weighted by Gasteiger charge is -2.06. The van der Waals surface area contributed by atoms with Gasteiger partial charge in [0.1, 0.15) is 12.1 Å². The van der Waals surface area contributed by atoms with Crippen LogP contribution in [0.4, 0.5) is 0 Å². The molecule has 1 atom stereocenters. The number of hydrogen-bond acceptors (Lipinski definition) is 4. The highest BCUT2D eigenvalue weighted by atomic mass is 79.9. The largest absolute Gasteiger partial charge is 0.252 e. The van der Waals surface area contributed by atoms with Gasteiger partial charge in [-0.2, -0.15) is 0 Å². The van der Waals surface area contributed by atoms with Crippen LogP contribution in [0.1, 0.15) is 5.56 Å². The Hall–Kier alpha value is -1.04. The highest BCUT2D eigenvalue weighted by molar-refractivity contribution is 9.10. The molecule has 1 unspecified atom stereocenters. The standard InChI is InChI=1S/C11H5BrCl2N4/c12-9-8-11(16-4-15-9)18-10(17-8)7-5(13)2-1-3-6(7)14/h1-4,9H. The number of halogens is 3. The second kappa shape index (κ2) is 4.57. The van der Waals surface area contributed by atoms with E-state index in [-0.39, 0.29) is 4.95 Å². The normalized spacial score (nSPS) is 21.3. The van der Waals surface area contributed by atoms with E-state index >= 15 is 0 Å². The van der Waals surface area contributed by atoms with Crippen molar-refractivity contribution in [3.05, 3.63) is 33.8 Å². The number of fused-ring (bicyclic) bond motifs is 1. The molecule has 0 bridgehead atoms. The van der Waals surface area contributed by atoms with E-state index in [1.165, 1.54) is 6.34 Å². The molecule has 2 aliphatic rings. The first-order valence-corrected chi connectivity index (χ1v) is 6.69. The van der Waals surface area contributed by atoms with Crippen LogP contribution in [-0.2, 0) is 0 Å². The fourth-order valence-electron chi connectivity index (χ4n) is 1.64. The summed E-state index contributed by atoms with van der Waals surface area (Å²) in [5.41, 5.74) is 1.29. The van der Waals surface area contributed by atoms with Gasteiger partial charge in [0.05, 0.1) is 15.6 Å². The predicted molar refractivity (Wildman–Crippen MR) is 79.1 cm³/mol. The van der Waals surface area contributed by atoms with Gasteiger partial charge in [-0.25, -0.2) is 15.0 Å². The molecule has 1 aromatic carbocycles. The minimum absolute atomic E-state index is 0.229. The summed E-state index contributed by atoms with van der Waals surface area (Å²) >= 11 is 15.6. The van der Waals surface area contributed by atoms with Crippen molar-refractivity contribution in [2.24, 2.45) is 20.0 Å². The van der Waals surface area contributed by atoms with Gasteiger partial charge in [0, 0.05) is 0 Å². The zero-order valence-electron chi connectivity index (χ0n) is 8.81. The third kappa shape index (κ3) is 1.92. The lowest BCUT2D eigenvalue weighted by atomic mass is 10.2. The monoisotopic (exact) mass is 342 g/mol. The fourth-order valence-corrected chi connectivity index (χ4v) is 2.62. The van der Waals surface area contributed by atoms with E-state index < -0.39 is 0 Å². The number of nitrogens with zero attached hydrogens (tertiary/aromatic N) is 4. The molecule has 0 saturated carbocycles. The number of amidine groups is 2. The van der Waals surface area contributed by atoms with Gasteiger partial charge < -0.3 is 0 Å². The summed E-state index contributed by atoms with van der Waals surface area (Å²) in [4.78, 5) is 16.6. The summed E-state index contributed by atoms with van der Waals surface area (Å²) < 4.78 is 0. The van der Waals surface area contributed by atoms with E-state index in [9.17, 15) is 0 Å². The summed E-state index contributed by atoms with van der Waals surface area (Å²) in [7, 11) is 0. The Bertz CT molecular complexity index is 628. The van der Waals surface area contributed by atoms with Gasteiger partial charge >= 0.3 is 0 Å². The number of rotatable bonds is 1. The van der Waals surface area contributed by atoms with Crippen molar-refractivity contribution in [2.75, 3.05) is 0 Å². The third-order valence-corrected chi connectivity index (χ3v) is 3.76. The maximum Gasteiger partial charge on any atom is 0.180 e. The van der Waals surface area contributed by atoms with E-state index in [2.05, 4.69) is 35.9 Å². The smallest absolute Gasteiger partial charge is 0.180 e. The van der Waals surface area contributed by atoms with Gasteiger partial charge in [0.2, 0.25) is 0 Å². The summed E-state index contributed by atoms with van der Waals surface area (Å²) in [6.07, 6.45) is 1.45. The molecule has 0 spiro atoms.